The van der Waals surface area contributed by atoms with E-state index in [9.17, 15) is 14.4 Å². The van der Waals surface area contributed by atoms with E-state index >= 15 is 0 Å². The van der Waals surface area contributed by atoms with Crippen LogP contribution in [0.5, 0.6) is 0 Å². The largest absolute Gasteiger partial charge is 0.462 e. The second-order valence-electron chi connectivity index (χ2n) is 19.9. The van der Waals surface area contributed by atoms with Crippen molar-refractivity contribution >= 4 is 17.9 Å². The van der Waals surface area contributed by atoms with Crippen LogP contribution >= 0.6 is 0 Å². The van der Waals surface area contributed by atoms with E-state index in [-0.39, 0.29) is 31.1 Å². The highest BCUT2D eigenvalue weighted by Gasteiger charge is 2.19. The predicted molar refractivity (Wildman–Crippen MR) is 298 cm³/mol. The van der Waals surface area contributed by atoms with E-state index in [1.165, 1.54) is 167 Å². The number of hydrogen-bond acceptors (Lipinski definition) is 6. The number of esters is 3. The highest BCUT2D eigenvalue weighted by Crippen LogP contribution is 2.15. The molecule has 0 aromatic heterocycles. The molecule has 0 aromatic rings. The first-order valence-corrected chi connectivity index (χ1v) is 29.8. The number of carbonyl (C=O) groups is 3. The van der Waals surface area contributed by atoms with Gasteiger partial charge in [-0.3, -0.25) is 14.4 Å². The molecule has 69 heavy (non-hydrogen) atoms. The van der Waals surface area contributed by atoms with E-state index in [0.717, 1.165) is 96.3 Å². The van der Waals surface area contributed by atoms with E-state index in [0.29, 0.717) is 19.3 Å². The Hall–Kier alpha value is -2.89. The van der Waals surface area contributed by atoms with Crippen molar-refractivity contribution in [1.29, 1.82) is 0 Å². The lowest BCUT2D eigenvalue weighted by atomic mass is 10.1. The second-order valence-corrected chi connectivity index (χ2v) is 19.9. The Morgan fingerprint density at radius 2 is 0.536 bits per heavy atom. The summed E-state index contributed by atoms with van der Waals surface area (Å²) in [5.74, 6) is -0.898. The lowest BCUT2D eigenvalue weighted by molar-refractivity contribution is -0.167. The number of hydrogen-bond donors (Lipinski definition) is 0. The maximum absolute atomic E-state index is 12.9. The Morgan fingerprint density at radius 3 is 0.855 bits per heavy atom. The minimum atomic E-state index is -0.786. The van der Waals surface area contributed by atoms with Crippen LogP contribution in [0.3, 0.4) is 0 Å². The Kier molecular flexibility index (Phi) is 55.3. The molecule has 1 atom stereocenters. The van der Waals surface area contributed by atoms with Gasteiger partial charge in [0.15, 0.2) is 6.10 Å². The van der Waals surface area contributed by atoms with Crippen LogP contribution in [0.1, 0.15) is 303 Å². The second kappa shape index (κ2) is 57.7. The molecule has 0 aliphatic heterocycles. The number of unbranched alkanes of at least 4 members (excludes halogenated alkanes) is 33. The quantitative estimate of drug-likeness (QED) is 0.0262. The molecule has 1 unspecified atom stereocenters. The lowest BCUT2D eigenvalue weighted by Gasteiger charge is -2.18. The van der Waals surface area contributed by atoms with Gasteiger partial charge in [-0.15, -0.1) is 0 Å². The van der Waals surface area contributed by atoms with Gasteiger partial charge in [0, 0.05) is 19.3 Å². The molecule has 6 nitrogen and oxygen atoms in total. The summed E-state index contributed by atoms with van der Waals surface area (Å²) in [4.78, 5) is 38.2. The Labute approximate surface area is 428 Å². The normalized spacial score (nSPS) is 12.4. The zero-order valence-electron chi connectivity index (χ0n) is 45.8. The smallest absolute Gasteiger partial charge is 0.306 e. The maximum atomic E-state index is 12.9. The van der Waals surface area contributed by atoms with Gasteiger partial charge in [-0.1, -0.05) is 242 Å². The van der Waals surface area contributed by atoms with Crippen LogP contribution in [-0.4, -0.2) is 37.2 Å². The monoisotopic (exact) mass is 965 g/mol. The summed E-state index contributed by atoms with van der Waals surface area (Å²) in [7, 11) is 0. The third-order valence-corrected chi connectivity index (χ3v) is 13.0. The predicted octanol–water partition coefficient (Wildman–Crippen LogP) is 20.0. The van der Waals surface area contributed by atoms with Crippen molar-refractivity contribution in [1.82, 2.24) is 0 Å². The summed E-state index contributed by atoms with van der Waals surface area (Å²) in [5.41, 5.74) is 0. The zero-order valence-corrected chi connectivity index (χ0v) is 45.8. The summed E-state index contributed by atoms with van der Waals surface area (Å²) < 4.78 is 16.9. The van der Waals surface area contributed by atoms with Crippen molar-refractivity contribution in [3.05, 3.63) is 60.8 Å². The van der Waals surface area contributed by atoms with E-state index in [1.807, 2.05) is 0 Å². The van der Waals surface area contributed by atoms with Crippen LogP contribution in [0, 0.1) is 0 Å². The summed E-state index contributed by atoms with van der Waals surface area (Å²) in [6, 6.07) is 0. The number of ether oxygens (including phenoxy) is 3. The van der Waals surface area contributed by atoms with Crippen LogP contribution in [0.2, 0.25) is 0 Å². The highest BCUT2D eigenvalue weighted by atomic mass is 16.6. The van der Waals surface area contributed by atoms with E-state index in [2.05, 4.69) is 81.5 Å². The molecule has 0 rings (SSSR count). The van der Waals surface area contributed by atoms with Crippen LogP contribution < -0.4 is 0 Å². The van der Waals surface area contributed by atoms with Crippen molar-refractivity contribution in [2.24, 2.45) is 0 Å². The minimum absolute atomic E-state index is 0.0833. The van der Waals surface area contributed by atoms with Gasteiger partial charge >= 0.3 is 17.9 Å². The third kappa shape index (κ3) is 55.9. The molecular formula is C63H112O6. The molecule has 0 aliphatic rings. The van der Waals surface area contributed by atoms with E-state index in [1.54, 1.807) is 0 Å². The van der Waals surface area contributed by atoms with Gasteiger partial charge < -0.3 is 14.2 Å². The number of allylic oxidation sites excluding steroid dienone is 10. The van der Waals surface area contributed by atoms with Gasteiger partial charge in [0.25, 0.3) is 0 Å². The van der Waals surface area contributed by atoms with E-state index in [4.69, 9.17) is 14.2 Å². The molecule has 0 amide bonds. The molecule has 0 radical (unpaired) electrons. The van der Waals surface area contributed by atoms with Gasteiger partial charge in [-0.25, -0.2) is 0 Å². The van der Waals surface area contributed by atoms with Crippen molar-refractivity contribution in [2.75, 3.05) is 13.2 Å². The fourth-order valence-corrected chi connectivity index (χ4v) is 8.43. The van der Waals surface area contributed by atoms with Gasteiger partial charge in [-0.2, -0.15) is 0 Å². The van der Waals surface area contributed by atoms with Crippen LogP contribution in [0.4, 0.5) is 0 Å². The average molecular weight is 966 g/mol. The summed E-state index contributed by atoms with van der Waals surface area (Å²) >= 11 is 0. The topological polar surface area (TPSA) is 78.9 Å². The summed E-state index contributed by atoms with van der Waals surface area (Å²) in [6.07, 6.45) is 72.1. The number of carbonyl (C=O) groups excluding carboxylic acids is 3. The molecule has 0 heterocycles. The first-order chi connectivity index (χ1) is 34.0. The molecule has 0 saturated heterocycles. The van der Waals surface area contributed by atoms with Crippen molar-refractivity contribution in [3.8, 4) is 0 Å². The van der Waals surface area contributed by atoms with Crippen molar-refractivity contribution < 1.29 is 28.6 Å². The Balaban J connectivity index is 4.37. The van der Waals surface area contributed by atoms with Gasteiger partial charge in [0.05, 0.1) is 0 Å². The summed E-state index contributed by atoms with van der Waals surface area (Å²) in [6.45, 7) is 6.59. The standard InChI is InChI=1S/C63H112O6/c1-4-7-10-13-16-19-22-25-28-30-31-32-33-34-36-38-41-44-47-50-53-56-62(65)68-59-60(58-67-61(64)55-52-49-46-43-40-37-27-24-21-18-15-12-9-6-3)69-63(66)57-54-51-48-45-42-39-35-29-26-23-20-17-14-11-8-5-2/h15,18,22,24-25,27,29-31,35,60H,4-14,16-17,19-21,23,26,28,32-34,36-59H2,1-3H3/b18-15-,25-22-,27-24-,31-30-,35-29-. The van der Waals surface area contributed by atoms with Crippen molar-refractivity contribution in [3.63, 3.8) is 0 Å². The molecule has 0 bridgehead atoms. The van der Waals surface area contributed by atoms with Gasteiger partial charge in [0.2, 0.25) is 0 Å². The van der Waals surface area contributed by atoms with Gasteiger partial charge in [0.1, 0.15) is 13.2 Å². The molecule has 0 fully saturated rings. The van der Waals surface area contributed by atoms with Crippen LogP contribution in [-0.2, 0) is 28.6 Å². The Morgan fingerprint density at radius 1 is 0.290 bits per heavy atom. The fourth-order valence-electron chi connectivity index (χ4n) is 8.43. The zero-order chi connectivity index (χ0) is 50.0. The molecule has 0 aliphatic carbocycles. The molecular weight excluding hydrogens is 853 g/mol. The summed E-state index contributed by atoms with van der Waals surface area (Å²) in [5, 5.41) is 0. The number of rotatable bonds is 54. The lowest BCUT2D eigenvalue weighted by Crippen LogP contribution is -2.30. The average Bonchev–Trinajstić information content (AvgIpc) is 3.35. The molecule has 0 saturated carbocycles. The first kappa shape index (κ1) is 66.1. The molecule has 0 N–H and O–H groups in total. The SMILES string of the molecule is CCCC/C=C\C/C=C\CCCCCCCC(=O)OCC(COC(=O)CCCCCCCCCCC/C=C\C/C=C\CCCCCCC)OC(=O)CCCCCCC/C=C\CCCCCCCCC. The molecule has 6 heteroatoms. The Bertz CT molecular complexity index is 1250. The molecule has 400 valence electrons. The highest BCUT2D eigenvalue weighted by molar-refractivity contribution is 5.71. The van der Waals surface area contributed by atoms with Crippen LogP contribution in [0.15, 0.2) is 60.8 Å². The first-order valence-electron chi connectivity index (χ1n) is 29.8. The molecule has 0 aromatic carbocycles. The molecule has 0 spiro atoms. The van der Waals surface area contributed by atoms with Crippen molar-refractivity contribution in [2.45, 2.75) is 309 Å². The fraction of sp³-hybridized carbons (Fsp3) is 0.794. The third-order valence-electron chi connectivity index (χ3n) is 13.0. The van der Waals surface area contributed by atoms with Crippen LogP contribution in [0.25, 0.3) is 0 Å². The minimum Gasteiger partial charge on any atom is -0.462 e. The maximum Gasteiger partial charge on any atom is 0.306 e. The van der Waals surface area contributed by atoms with Gasteiger partial charge in [-0.05, 0) is 103 Å². The van der Waals surface area contributed by atoms with E-state index < -0.39 is 6.10 Å².